The fraction of sp³-hybridized carbons (Fsp3) is 1.00. The van der Waals surface area contributed by atoms with Crippen LogP contribution in [0.5, 0.6) is 0 Å². The standard InChI is InChI=1S/C9H20N2O4/c1-5(12)6(13)7(14)8(15)9-10-3-2-4-11-9/h5-15H,2-4H2,1H3/t5-,6-,7-,8-/m0/s1. The highest BCUT2D eigenvalue weighted by Crippen LogP contribution is 2.08. The number of aliphatic hydroxyl groups is 4. The summed E-state index contributed by atoms with van der Waals surface area (Å²) in [5.74, 6) is 0. The summed E-state index contributed by atoms with van der Waals surface area (Å²) in [6.07, 6.45) is -4.41. The van der Waals surface area contributed by atoms with Crippen LogP contribution in [-0.2, 0) is 0 Å². The van der Waals surface area contributed by atoms with Crippen molar-refractivity contribution in [2.45, 2.75) is 43.9 Å². The van der Waals surface area contributed by atoms with Crippen LogP contribution in [0.4, 0.5) is 0 Å². The highest BCUT2D eigenvalue weighted by Gasteiger charge is 2.33. The van der Waals surface area contributed by atoms with Crippen molar-refractivity contribution in [3.63, 3.8) is 0 Å². The third-order valence-corrected chi connectivity index (χ3v) is 2.62. The minimum atomic E-state index is -1.37. The van der Waals surface area contributed by atoms with Gasteiger partial charge in [-0.3, -0.25) is 10.6 Å². The van der Waals surface area contributed by atoms with Crippen molar-refractivity contribution in [3.05, 3.63) is 0 Å². The normalized spacial score (nSPS) is 27.0. The van der Waals surface area contributed by atoms with Crippen LogP contribution in [-0.4, -0.2) is 64.1 Å². The molecule has 6 nitrogen and oxygen atoms in total. The molecule has 90 valence electrons. The predicted molar refractivity (Wildman–Crippen MR) is 54.1 cm³/mol. The van der Waals surface area contributed by atoms with E-state index in [1.807, 2.05) is 0 Å². The van der Waals surface area contributed by atoms with Crippen molar-refractivity contribution >= 4 is 0 Å². The van der Waals surface area contributed by atoms with Gasteiger partial charge in [0.1, 0.15) is 18.3 Å². The molecule has 0 spiro atoms. The first-order chi connectivity index (χ1) is 7.04. The first-order valence-corrected chi connectivity index (χ1v) is 5.23. The first kappa shape index (κ1) is 12.8. The molecule has 0 aliphatic carbocycles. The van der Waals surface area contributed by atoms with Gasteiger partial charge in [0.15, 0.2) is 0 Å². The topological polar surface area (TPSA) is 105 Å². The van der Waals surface area contributed by atoms with E-state index in [4.69, 9.17) is 5.11 Å². The van der Waals surface area contributed by atoms with E-state index in [1.165, 1.54) is 6.92 Å². The van der Waals surface area contributed by atoms with Gasteiger partial charge in [0.25, 0.3) is 0 Å². The zero-order valence-corrected chi connectivity index (χ0v) is 8.80. The predicted octanol–water partition coefficient (Wildman–Crippen LogP) is -2.64. The van der Waals surface area contributed by atoms with Crippen LogP contribution in [0.3, 0.4) is 0 Å². The maximum atomic E-state index is 9.72. The van der Waals surface area contributed by atoms with Crippen molar-refractivity contribution in [2.75, 3.05) is 13.1 Å². The Hall–Kier alpha value is -0.240. The molecule has 0 saturated carbocycles. The second-order valence-electron chi connectivity index (χ2n) is 3.95. The molecule has 1 heterocycles. The molecule has 0 unspecified atom stereocenters. The summed E-state index contributed by atoms with van der Waals surface area (Å²) in [4.78, 5) is 0. The number of nitrogens with one attached hydrogen (secondary N) is 2. The molecular weight excluding hydrogens is 200 g/mol. The van der Waals surface area contributed by atoms with E-state index in [0.29, 0.717) is 0 Å². The van der Waals surface area contributed by atoms with Crippen molar-refractivity contribution in [1.82, 2.24) is 10.6 Å². The SMILES string of the molecule is C[C@H](O)[C@H](O)[C@H](O)[C@H](O)C1NCCCN1. The van der Waals surface area contributed by atoms with Gasteiger partial charge in [-0.1, -0.05) is 0 Å². The van der Waals surface area contributed by atoms with Crippen molar-refractivity contribution < 1.29 is 20.4 Å². The lowest BCUT2D eigenvalue weighted by molar-refractivity contribution is -0.112. The van der Waals surface area contributed by atoms with Crippen LogP contribution in [0.25, 0.3) is 0 Å². The quantitative estimate of drug-likeness (QED) is 0.309. The van der Waals surface area contributed by atoms with Gasteiger partial charge in [-0.25, -0.2) is 0 Å². The minimum Gasteiger partial charge on any atom is -0.391 e. The van der Waals surface area contributed by atoms with Gasteiger partial charge in [-0.05, 0) is 26.4 Å². The lowest BCUT2D eigenvalue weighted by Crippen LogP contribution is -2.61. The van der Waals surface area contributed by atoms with Crippen molar-refractivity contribution in [2.24, 2.45) is 0 Å². The molecule has 0 bridgehead atoms. The van der Waals surface area contributed by atoms with Gasteiger partial charge in [-0.2, -0.15) is 0 Å². The number of rotatable bonds is 4. The van der Waals surface area contributed by atoms with Crippen LogP contribution in [0.1, 0.15) is 13.3 Å². The van der Waals surface area contributed by atoms with Gasteiger partial charge in [0, 0.05) is 0 Å². The van der Waals surface area contributed by atoms with Crippen LogP contribution >= 0.6 is 0 Å². The average molecular weight is 220 g/mol. The molecule has 1 fully saturated rings. The van der Waals surface area contributed by atoms with E-state index in [2.05, 4.69) is 10.6 Å². The summed E-state index contributed by atoms with van der Waals surface area (Å²) in [6, 6.07) is 0. The Kier molecular flexibility index (Phi) is 4.91. The molecule has 0 aromatic rings. The summed E-state index contributed by atoms with van der Waals surface area (Å²) in [5.41, 5.74) is 0. The van der Waals surface area contributed by atoms with Crippen molar-refractivity contribution in [3.8, 4) is 0 Å². The minimum absolute atomic E-state index is 0.442. The maximum absolute atomic E-state index is 9.72. The summed E-state index contributed by atoms with van der Waals surface area (Å²) < 4.78 is 0. The number of aliphatic hydroxyl groups excluding tert-OH is 4. The molecule has 1 aliphatic heterocycles. The zero-order chi connectivity index (χ0) is 11.4. The largest absolute Gasteiger partial charge is 0.391 e. The second-order valence-corrected chi connectivity index (χ2v) is 3.95. The number of hydrogen-bond acceptors (Lipinski definition) is 6. The summed E-state index contributed by atoms with van der Waals surface area (Å²) in [6.45, 7) is 2.88. The van der Waals surface area contributed by atoms with E-state index < -0.39 is 30.6 Å². The van der Waals surface area contributed by atoms with Crippen LogP contribution in [0.2, 0.25) is 0 Å². The Balaban J connectivity index is 2.46. The summed E-state index contributed by atoms with van der Waals surface area (Å²) in [7, 11) is 0. The fourth-order valence-electron chi connectivity index (χ4n) is 1.60. The average Bonchev–Trinajstić information content (AvgIpc) is 2.27. The van der Waals surface area contributed by atoms with E-state index in [0.717, 1.165) is 19.5 Å². The third-order valence-electron chi connectivity index (χ3n) is 2.62. The molecule has 0 radical (unpaired) electrons. The lowest BCUT2D eigenvalue weighted by Gasteiger charge is -2.34. The van der Waals surface area contributed by atoms with Gasteiger partial charge in [-0.15, -0.1) is 0 Å². The molecule has 1 aliphatic rings. The highest BCUT2D eigenvalue weighted by molar-refractivity contribution is 4.87. The van der Waals surface area contributed by atoms with Crippen molar-refractivity contribution in [1.29, 1.82) is 0 Å². The fourth-order valence-corrected chi connectivity index (χ4v) is 1.60. The Bertz CT molecular complexity index is 185. The molecule has 6 heteroatoms. The zero-order valence-electron chi connectivity index (χ0n) is 8.80. The summed E-state index contributed by atoms with van der Waals surface area (Å²) >= 11 is 0. The van der Waals surface area contributed by atoms with Gasteiger partial charge in [0.05, 0.1) is 12.3 Å². The monoisotopic (exact) mass is 220 g/mol. The third kappa shape index (κ3) is 3.37. The van der Waals surface area contributed by atoms with Gasteiger partial charge >= 0.3 is 0 Å². The Labute approximate surface area is 88.9 Å². The number of hydrogen-bond donors (Lipinski definition) is 6. The Morgan fingerprint density at radius 2 is 1.53 bits per heavy atom. The van der Waals surface area contributed by atoms with E-state index in [-0.39, 0.29) is 0 Å². The smallest absolute Gasteiger partial charge is 0.111 e. The molecular formula is C9H20N2O4. The Morgan fingerprint density at radius 3 is 2.00 bits per heavy atom. The first-order valence-electron chi connectivity index (χ1n) is 5.23. The maximum Gasteiger partial charge on any atom is 0.111 e. The van der Waals surface area contributed by atoms with E-state index in [9.17, 15) is 15.3 Å². The molecule has 1 saturated heterocycles. The molecule has 0 aromatic heterocycles. The summed E-state index contributed by atoms with van der Waals surface area (Å²) in [5, 5.41) is 43.7. The molecule has 1 rings (SSSR count). The van der Waals surface area contributed by atoms with Crippen LogP contribution in [0.15, 0.2) is 0 Å². The highest BCUT2D eigenvalue weighted by atomic mass is 16.4. The molecule has 0 amide bonds. The molecule has 0 aromatic carbocycles. The van der Waals surface area contributed by atoms with E-state index >= 15 is 0 Å². The lowest BCUT2D eigenvalue weighted by atomic mass is 10.0. The van der Waals surface area contributed by atoms with Gasteiger partial charge in [0.2, 0.25) is 0 Å². The van der Waals surface area contributed by atoms with Crippen LogP contribution in [0, 0.1) is 0 Å². The molecule has 15 heavy (non-hydrogen) atoms. The van der Waals surface area contributed by atoms with Crippen LogP contribution < -0.4 is 10.6 Å². The molecule has 4 atom stereocenters. The van der Waals surface area contributed by atoms with Gasteiger partial charge < -0.3 is 20.4 Å². The second kappa shape index (κ2) is 5.74. The van der Waals surface area contributed by atoms with E-state index in [1.54, 1.807) is 0 Å². The Morgan fingerprint density at radius 1 is 1.00 bits per heavy atom. The molecule has 6 N–H and O–H groups in total.